The number of aliphatic imine (C=N–C) groups is 1. The highest BCUT2D eigenvalue weighted by atomic mass is 35.5. The Bertz CT molecular complexity index is 407. The molecule has 1 aliphatic carbocycles. The van der Waals surface area contributed by atoms with Crippen LogP contribution in [-0.2, 0) is 0 Å². The average Bonchev–Trinajstić information content (AvgIpc) is 2.07. The van der Waals surface area contributed by atoms with Crippen LogP contribution in [0, 0.1) is 0 Å². The maximum atomic E-state index is 13.3. The molecule has 0 bridgehead atoms. The van der Waals surface area contributed by atoms with Gasteiger partial charge >= 0.3 is 0 Å². The lowest BCUT2D eigenvalue weighted by Gasteiger charge is -2.23. The van der Waals surface area contributed by atoms with Crippen LogP contribution < -0.4 is 5.32 Å². The van der Waals surface area contributed by atoms with Gasteiger partial charge in [-0.25, -0.2) is 8.78 Å². The zero-order valence-electron chi connectivity index (χ0n) is 7.31. The molecule has 0 radical (unpaired) electrons. The number of fused-ring (bicyclic) bond motifs is 1. The second-order valence-corrected chi connectivity index (χ2v) is 3.45. The molecule has 0 aromatic rings. The highest BCUT2D eigenvalue weighted by molar-refractivity contribution is 6.31. The zero-order chi connectivity index (χ0) is 10.3. The minimum Gasteiger partial charge on any atom is -0.335 e. The molecule has 0 aromatic heterocycles. The molecule has 5 heteroatoms. The highest BCUT2D eigenvalue weighted by Gasteiger charge is 2.28. The third-order valence-corrected chi connectivity index (χ3v) is 2.30. The van der Waals surface area contributed by atoms with Gasteiger partial charge in [-0.3, -0.25) is 4.99 Å². The van der Waals surface area contributed by atoms with Crippen LogP contribution in [0.15, 0.2) is 39.5 Å². The van der Waals surface area contributed by atoms with E-state index in [1.807, 2.05) is 0 Å². The van der Waals surface area contributed by atoms with Gasteiger partial charge < -0.3 is 5.32 Å². The zero-order valence-corrected chi connectivity index (χ0v) is 8.07. The summed E-state index contributed by atoms with van der Waals surface area (Å²) in [5.74, 6) is -0.759. The molecule has 1 aliphatic heterocycles. The molecule has 74 valence electrons. The fourth-order valence-corrected chi connectivity index (χ4v) is 1.69. The van der Waals surface area contributed by atoms with Gasteiger partial charge in [0, 0.05) is 11.6 Å². The van der Waals surface area contributed by atoms with E-state index in [1.165, 1.54) is 6.08 Å². The van der Waals surface area contributed by atoms with Crippen LogP contribution in [0.3, 0.4) is 0 Å². The molecule has 1 heterocycles. The number of allylic oxidation sites excluding steroid dienone is 2. The van der Waals surface area contributed by atoms with Crippen LogP contribution in [0.25, 0.3) is 0 Å². The first-order valence-corrected chi connectivity index (χ1v) is 4.41. The summed E-state index contributed by atoms with van der Waals surface area (Å²) in [5, 5.41) is 2.93. The van der Waals surface area contributed by atoms with Gasteiger partial charge in [-0.05, 0) is 13.0 Å². The minimum atomic E-state index is -0.789. The Morgan fingerprint density at radius 1 is 1.43 bits per heavy atom. The molecule has 2 aliphatic rings. The lowest BCUT2D eigenvalue weighted by Crippen LogP contribution is -2.29. The maximum absolute atomic E-state index is 13.3. The molecular formula is C9H7ClF2N2. The van der Waals surface area contributed by atoms with E-state index in [4.69, 9.17) is 11.6 Å². The van der Waals surface area contributed by atoms with Crippen LogP contribution in [0.4, 0.5) is 8.78 Å². The summed E-state index contributed by atoms with van der Waals surface area (Å²) in [6, 6.07) is -0.789. The SMILES string of the molecule is CC1=NC2C(F)=CC(F)=CC2=C(Cl)N1. The van der Waals surface area contributed by atoms with Crippen molar-refractivity contribution in [2.24, 2.45) is 4.99 Å². The molecule has 0 aromatic carbocycles. The number of halogens is 3. The Morgan fingerprint density at radius 3 is 2.86 bits per heavy atom. The predicted octanol–water partition coefficient (Wildman–Crippen LogP) is 2.55. The van der Waals surface area contributed by atoms with E-state index in [-0.39, 0.29) is 5.16 Å². The molecule has 0 fully saturated rings. The molecule has 0 saturated heterocycles. The standard InChI is InChI=1S/C9H7ClF2N2/c1-4-13-8-6(9(10)14-4)2-5(11)3-7(8)12/h2-3,8H,1H3,(H,13,14). The lowest BCUT2D eigenvalue weighted by atomic mass is 10.0. The van der Waals surface area contributed by atoms with Gasteiger partial charge in [0.15, 0.2) is 0 Å². The van der Waals surface area contributed by atoms with Gasteiger partial charge in [0.2, 0.25) is 0 Å². The van der Waals surface area contributed by atoms with Crippen molar-refractivity contribution >= 4 is 17.4 Å². The van der Waals surface area contributed by atoms with E-state index < -0.39 is 17.7 Å². The summed E-state index contributed by atoms with van der Waals surface area (Å²) in [5.41, 5.74) is 0.328. The lowest BCUT2D eigenvalue weighted by molar-refractivity contribution is 0.546. The van der Waals surface area contributed by atoms with Gasteiger partial charge in [0.25, 0.3) is 0 Å². The monoisotopic (exact) mass is 216 g/mol. The number of rotatable bonds is 0. The van der Waals surface area contributed by atoms with Gasteiger partial charge in [-0.15, -0.1) is 0 Å². The fourth-order valence-electron chi connectivity index (χ4n) is 1.40. The van der Waals surface area contributed by atoms with Crippen LogP contribution >= 0.6 is 11.6 Å². The van der Waals surface area contributed by atoms with Crippen LogP contribution in [0.1, 0.15) is 6.92 Å². The van der Waals surface area contributed by atoms with Crippen LogP contribution in [-0.4, -0.2) is 11.9 Å². The van der Waals surface area contributed by atoms with Gasteiger partial charge in [-0.1, -0.05) is 11.6 Å². The third kappa shape index (κ3) is 1.46. The Kier molecular flexibility index (Phi) is 2.15. The number of amidine groups is 1. The van der Waals surface area contributed by atoms with E-state index in [0.717, 1.165) is 6.08 Å². The number of hydrogen-bond acceptors (Lipinski definition) is 2. The summed E-state index contributed by atoms with van der Waals surface area (Å²) < 4.78 is 26.1. The van der Waals surface area contributed by atoms with Gasteiger partial charge in [0.05, 0.1) is 5.84 Å². The normalized spacial score (nSPS) is 26.0. The predicted molar refractivity (Wildman–Crippen MR) is 51.3 cm³/mol. The van der Waals surface area contributed by atoms with Crippen molar-refractivity contribution in [3.8, 4) is 0 Å². The summed E-state index contributed by atoms with van der Waals surface area (Å²) in [4.78, 5) is 3.98. The van der Waals surface area contributed by atoms with Crippen molar-refractivity contribution in [1.29, 1.82) is 0 Å². The molecule has 2 rings (SSSR count). The quantitative estimate of drug-likeness (QED) is 0.619. The van der Waals surface area contributed by atoms with Gasteiger partial charge in [-0.2, -0.15) is 0 Å². The van der Waals surface area contributed by atoms with Crippen molar-refractivity contribution in [3.05, 3.63) is 34.5 Å². The van der Waals surface area contributed by atoms with Crippen LogP contribution in [0.2, 0.25) is 0 Å². The third-order valence-electron chi connectivity index (χ3n) is 1.99. The smallest absolute Gasteiger partial charge is 0.132 e. The highest BCUT2D eigenvalue weighted by Crippen LogP contribution is 2.31. The first-order chi connectivity index (χ1) is 6.58. The number of nitrogens with zero attached hydrogens (tertiary/aromatic N) is 1. The Balaban J connectivity index is 2.49. The summed E-state index contributed by atoms with van der Waals surface area (Å²) in [7, 11) is 0. The number of nitrogens with one attached hydrogen (secondary N) is 1. The van der Waals surface area contributed by atoms with Crippen molar-refractivity contribution in [3.63, 3.8) is 0 Å². The van der Waals surface area contributed by atoms with Crippen molar-refractivity contribution in [2.75, 3.05) is 0 Å². The minimum absolute atomic E-state index is 0.223. The molecule has 1 N–H and O–H groups in total. The van der Waals surface area contributed by atoms with Crippen molar-refractivity contribution in [2.45, 2.75) is 13.0 Å². The molecule has 0 saturated carbocycles. The maximum Gasteiger partial charge on any atom is 0.132 e. The second-order valence-electron chi connectivity index (χ2n) is 3.07. The number of hydrogen-bond donors (Lipinski definition) is 1. The largest absolute Gasteiger partial charge is 0.335 e. The molecule has 1 unspecified atom stereocenters. The molecule has 1 atom stereocenters. The topological polar surface area (TPSA) is 24.4 Å². The van der Waals surface area contributed by atoms with E-state index in [9.17, 15) is 8.78 Å². The Morgan fingerprint density at radius 2 is 2.14 bits per heavy atom. The first-order valence-electron chi connectivity index (χ1n) is 4.03. The fraction of sp³-hybridized carbons (Fsp3) is 0.222. The molecule has 0 spiro atoms. The van der Waals surface area contributed by atoms with Crippen molar-refractivity contribution < 1.29 is 8.78 Å². The second kappa shape index (κ2) is 3.20. The Hall–Kier alpha value is -1.16. The summed E-state index contributed by atoms with van der Waals surface area (Å²) >= 11 is 5.80. The molecule has 14 heavy (non-hydrogen) atoms. The molecule has 0 amide bonds. The molecule has 2 nitrogen and oxygen atoms in total. The first kappa shape index (κ1) is 9.40. The molecular weight excluding hydrogens is 210 g/mol. The van der Waals surface area contributed by atoms with E-state index in [0.29, 0.717) is 11.4 Å². The summed E-state index contributed by atoms with van der Waals surface area (Å²) in [6.45, 7) is 1.67. The van der Waals surface area contributed by atoms with E-state index in [1.54, 1.807) is 6.92 Å². The van der Waals surface area contributed by atoms with E-state index in [2.05, 4.69) is 10.3 Å². The average molecular weight is 217 g/mol. The Labute approximate surface area is 84.7 Å². The van der Waals surface area contributed by atoms with Crippen molar-refractivity contribution in [1.82, 2.24) is 5.32 Å². The van der Waals surface area contributed by atoms with Gasteiger partial charge in [0.1, 0.15) is 22.9 Å². The van der Waals surface area contributed by atoms with Crippen LogP contribution in [0.5, 0.6) is 0 Å². The van der Waals surface area contributed by atoms with E-state index >= 15 is 0 Å². The summed E-state index contributed by atoms with van der Waals surface area (Å²) in [6.07, 6.45) is 2.00.